The summed E-state index contributed by atoms with van der Waals surface area (Å²) in [6.45, 7) is 7.60. The van der Waals surface area contributed by atoms with Gasteiger partial charge in [0.15, 0.2) is 5.96 Å². The van der Waals surface area contributed by atoms with Crippen LogP contribution in [-0.2, 0) is 11.3 Å². The van der Waals surface area contributed by atoms with Crippen molar-refractivity contribution in [2.45, 2.75) is 26.8 Å². The topological polar surface area (TPSA) is 50.0 Å². The van der Waals surface area contributed by atoms with Crippen molar-refractivity contribution in [3.63, 3.8) is 0 Å². The van der Waals surface area contributed by atoms with Crippen molar-refractivity contribution in [1.82, 2.24) is 10.2 Å². The normalized spacial score (nSPS) is 18.8. The van der Waals surface area contributed by atoms with Gasteiger partial charge in [0.1, 0.15) is 11.5 Å². The number of aliphatic imine (C=N–C) groups is 1. The van der Waals surface area contributed by atoms with E-state index in [0.29, 0.717) is 5.92 Å². The Hall–Kier alpha value is -0.760. The number of guanidine groups is 1. The molecule has 0 spiro atoms. The first-order valence-electron chi connectivity index (χ1n) is 7.14. The minimum atomic E-state index is 0. The number of hydrogen-bond donors (Lipinski definition) is 1. The smallest absolute Gasteiger partial charge is 0.193 e. The quantitative estimate of drug-likeness (QED) is 0.474. The fourth-order valence-corrected chi connectivity index (χ4v) is 2.76. The molecule has 21 heavy (non-hydrogen) atoms. The maximum absolute atomic E-state index is 5.54. The van der Waals surface area contributed by atoms with Crippen LogP contribution in [0.5, 0.6) is 0 Å². The number of furan rings is 1. The lowest BCUT2D eigenvalue weighted by atomic mass is 10.1. The monoisotopic (exact) mass is 407 g/mol. The summed E-state index contributed by atoms with van der Waals surface area (Å²) in [6, 6.07) is 2.08. The molecule has 0 bridgehead atoms. The predicted octanol–water partition coefficient (Wildman–Crippen LogP) is 2.56. The first kappa shape index (κ1) is 18.3. The van der Waals surface area contributed by atoms with Gasteiger partial charge in [-0.2, -0.15) is 0 Å². The van der Waals surface area contributed by atoms with Crippen LogP contribution in [0.25, 0.3) is 0 Å². The first-order valence-corrected chi connectivity index (χ1v) is 7.14. The van der Waals surface area contributed by atoms with E-state index < -0.39 is 0 Å². The zero-order chi connectivity index (χ0) is 14.5. The summed E-state index contributed by atoms with van der Waals surface area (Å²) >= 11 is 0. The average molecular weight is 407 g/mol. The summed E-state index contributed by atoms with van der Waals surface area (Å²) in [5, 5.41) is 3.42. The summed E-state index contributed by atoms with van der Waals surface area (Å²) in [5.74, 6) is 3.50. The zero-order valence-corrected chi connectivity index (χ0v) is 15.6. The van der Waals surface area contributed by atoms with Crippen molar-refractivity contribution in [1.29, 1.82) is 0 Å². The zero-order valence-electron chi connectivity index (χ0n) is 13.3. The van der Waals surface area contributed by atoms with E-state index >= 15 is 0 Å². The van der Waals surface area contributed by atoms with Crippen molar-refractivity contribution >= 4 is 29.9 Å². The molecule has 0 saturated carbocycles. The molecule has 0 radical (unpaired) electrons. The summed E-state index contributed by atoms with van der Waals surface area (Å²) in [4.78, 5) is 6.67. The van der Waals surface area contributed by atoms with Gasteiger partial charge in [-0.15, -0.1) is 24.0 Å². The standard InChI is InChI=1S/C15H25N3O2.HI/c1-11-7-14(12(2)20-11)8-17-15(16-3)18-6-5-13(9-18)10-19-4;/h7,13H,5-6,8-10H2,1-4H3,(H,16,17);1H. The van der Waals surface area contributed by atoms with E-state index in [9.17, 15) is 0 Å². The van der Waals surface area contributed by atoms with E-state index in [-0.39, 0.29) is 24.0 Å². The SMILES string of the molecule is CN=C(NCc1cc(C)oc1C)N1CCC(COC)C1.I. The number of halogens is 1. The van der Waals surface area contributed by atoms with Crippen LogP contribution in [-0.4, -0.2) is 44.7 Å². The van der Waals surface area contributed by atoms with Crippen LogP contribution in [0.15, 0.2) is 15.5 Å². The summed E-state index contributed by atoms with van der Waals surface area (Å²) in [6.07, 6.45) is 1.17. The summed E-state index contributed by atoms with van der Waals surface area (Å²) in [7, 11) is 3.60. The van der Waals surface area contributed by atoms with Crippen LogP contribution in [0.4, 0.5) is 0 Å². The minimum Gasteiger partial charge on any atom is -0.466 e. The number of ether oxygens (including phenoxy) is 1. The third-order valence-corrected chi connectivity index (χ3v) is 3.78. The Kier molecular flexibility index (Phi) is 7.51. The maximum Gasteiger partial charge on any atom is 0.193 e. The van der Waals surface area contributed by atoms with Gasteiger partial charge < -0.3 is 19.4 Å². The van der Waals surface area contributed by atoms with Gasteiger partial charge in [0.25, 0.3) is 0 Å². The van der Waals surface area contributed by atoms with Gasteiger partial charge in [-0.1, -0.05) is 0 Å². The number of methoxy groups -OCH3 is 1. The Balaban J connectivity index is 0.00000220. The van der Waals surface area contributed by atoms with Gasteiger partial charge in [-0.25, -0.2) is 0 Å². The van der Waals surface area contributed by atoms with E-state index in [1.54, 1.807) is 7.11 Å². The van der Waals surface area contributed by atoms with Crippen LogP contribution in [0.1, 0.15) is 23.5 Å². The molecular weight excluding hydrogens is 381 g/mol. The molecular formula is C15H26IN3O2. The lowest BCUT2D eigenvalue weighted by Gasteiger charge is -2.21. The van der Waals surface area contributed by atoms with Crippen LogP contribution in [0, 0.1) is 19.8 Å². The van der Waals surface area contributed by atoms with E-state index in [4.69, 9.17) is 9.15 Å². The molecule has 1 unspecified atom stereocenters. The number of nitrogens with zero attached hydrogens (tertiary/aromatic N) is 2. The lowest BCUT2D eigenvalue weighted by Crippen LogP contribution is -2.39. The number of rotatable bonds is 4. The summed E-state index contributed by atoms with van der Waals surface area (Å²) in [5.41, 5.74) is 1.19. The second-order valence-electron chi connectivity index (χ2n) is 5.40. The van der Waals surface area contributed by atoms with Crippen molar-refractivity contribution in [2.75, 3.05) is 33.9 Å². The fourth-order valence-electron chi connectivity index (χ4n) is 2.76. The second-order valence-corrected chi connectivity index (χ2v) is 5.40. The van der Waals surface area contributed by atoms with Crippen molar-refractivity contribution in [2.24, 2.45) is 10.9 Å². The van der Waals surface area contributed by atoms with E-state index in [2.05, 4.69) is 21.3 Å². The highest BCUT2D eigenvalue weighted by Gasteiger charge is 2.24. The largest absolute Gasteiger partial charge is 0.466 e. The molecule has 1 atom stereocenters. The van der Waals surface area contributed by atoms with Crippen LogP contribution in [0.2, 0.25) is 0 Å². The molecule has 1 aromatic heterocycles. The summed E-state index contributed by atoms with van der Waals surface area (Å²) < 4.78 is 10.8. The van der Waals surface area contributed by atoms with Gasteiger partial charge >= 0.3 is 0 Å². The number of hydrogen-bond acceptors (Lipinski definition) is 3. The molecule has 1 N–H and O–H groups in total. The molecule has 0 aromatic carbocycles. The predicted molar refractivity (Wildman–Crippen MR) is 95.4 cm³/mol. The number of likely N-dealkylation sites (tertiary alicyclic amines) is 1. The van der Waals surface area contributed by atoms with Gasteiger partial charge in [0.2, 0.25) is 0 Å². The molecule has 6 heteroatoms. The van der Waals surface area contributed by atoms with Crippen molar-refractivity contribution in [3.8, 4) is 0 Å². The van der Waals surface area contributed by atoms with Gasteiger partial charge in [-0.05, 0) is 26.3 Å². The molecule has 0 amide bonds. The molecule has 0 aliphatic carbocycles. The number of nitrogens with one attached hydrogen (secondary N) is 1. The van der Waals surface area contributed by atoms with Crippen LogP contribution in [0.3, 0.4) is 0 Å². The maximum atomic E-state index is 5.54. The first-order chi connectivity index (χ1) is 9.63. The molecule has 1 saturated heterocycles. The van der Waals surface area contributed by atoms with Gasteiger partial charge in [0.05, 0.1) is 6.61 Å². The second kappa shape index (κ2) is 8.63. The third-order valence-electron chi connectivity index (χ3n) is 3.78. The minimum absolute atomic E-state index is 0. The molecule has 1 aliphatic rings. The third kappa shape index (κ3) is 4.88. The Morgan fingerprint density at radius 1 is 1.52 bits per heavy atom. The van der Waals surface area contributed by atoms with Crippen molar-refractivity contribution < 1.29 is 9.15 Å². The Morgan fingerprint density at radius 3 is 2.86 bits per heavy atom. The Bertz CT molecular complexity index is 473. The average Bonchev–Trinajstić information content (AvgIpc) is 2.98. The van der Waals surface area contributed by atoms with E-state index in [1.807, 2.05) is 20.9 Å². The van der Waals surface area contributed by atoms with Crippen LogP contribution < -0.4 is 5.32 Å². The van der Waals surface area contributed by atoms with Crippen molar-refractivity contribution in [3.05, 3.63) is 23.2 Å². The highest BCUT2D eigenvalue weighted by Crippen LogP contribution is 2.17. The number of aryl methyl sites for hydroxylation is 2. The van der Waals surface area contributed by atoms with E-state index in [1.165, 1.54) is 12.0 Å². The molecule has 2 rings (SSSR count). The van der Waals surface area contributed by atoms with Crippen LogP contribution >= 0.6 is 24.0 Å². The fraction of sp³-hybridized carbons (Fsp3) is 0.667. The molecule has 120 valence electrons. The highest BCUT2D eigenvalue weighted by molar-refractivity contribution is 14.0. The highest BCUT2D eigenvalue weighted by atomic mass is 127. The van der Waals surface area contributed by atoms with E-state index in [0.717, 1.165) is 43.7 Å². The molecule has 5 nitrogen and oxygen atoms in total. The molecule has 1 aromatic rings. The molecule has 1 fully saturated rings. The lowest BCUT2D eigenvalue weighted by molar-refractivity contribution is 0.157. The van der Waals surface area contributed by atoms with Gasteiger partial charge in [-0.3, -0.25) is 4.99 Å². The van der Waals surface area contributed by atoms with Gasteiger partial charge in [0, 0.05) is 45.3 Å². The molecule has 2 heterocycles. The Morgan fingerprint density at radius 2 is 2.29 bits per heavy atom. The Labute approximate surface area is 144 Å². The molecule has 1 aliphatic heterocycles.